The monoisotopic (exact) mass is 293 g/mol. The number of rotatable bonds is 9. The molecule has 0 amide bonds. The summed E-state index contributed by atoms with van der Waals surface area (Å²) in [5.41, 5.74) is 1.25. The lowest BCUT2D eigenvalue weighted by molar-refractivity contribution is -0.0107. The van der Waals surface area contributed by atoms with Crippen molar-refractivity contribution >= 4 is 0 Å². The van der Waals surface area contributed by atoms with E-state index >= 15 is 0 Å². The SMILES string of the molecule is COc1ccc(CN(C[C@H](O)COC(C)C)C2CC2)cc1. The zero-order valence-electron chi connectivity index (χ0n) is 13.3. The van der Waals surface area contributed by atoms with Crippen molar-refractivity contribution in [1.82, 2.24) is 4.90 Å². The predicted molar refractivity (Wildman–Crippen MR) is 83.5 cm³/mol. The first-order chi connectivity index (χ1) is 10.1. The van der Waals surface area contributed by atoms with Crippen LogP contribution in [0.15, 0.2) is 24.3 Å². The first kappa shape index (κ1) is 16.3. The van der Waals surface area contributed by atoms with Gasteiger partial charge in [-0.15, -0.1) is 0 Å². The van der Waals surface area contributed by atoms with Crippen molar-refractivity contribution in [3.8, 4) is 5.75 Å². The van der Waals surface area contributed by atoms with Crippen molar-refractivity contribution in [3.63, 3.8) is 0 Å². The highest BCUT2D eigenvalue weighted by molar-refractivity contribution is 5.27. The number of nitrogens with zero attached hydrogens (tertiary/aromatic N) is 1. The van der Waals surface area contributed by atoms with Gasteiger partial charge in [-0.1, -0.05) is 12.1 Å². The highest BCUT2D eigenvalue weighted by Crippen LogP contribution is 2.28. The Bertz CT molecular complexity index is 415. The number of aliphatic hydroxyl groups excluding tert-OH is 1. The maximum atomic E-state index is 10.1. The lowest BCUT2D eigenvalue weighted by atomic mass is 10.2. The summed E-state index contributed by atoms with van der Waals surface area (Å²) in [6.07, 6.45) is 2.20. The largest absolute Gasteiger partial charge is 0.497 e. The third-order valence-corrected chi connectivity index (χ3v) is 3.68. The topological polar surface area (TPSA) is 41.9 Å². The molecule has 0 aromatic heterocycles. The Morgan fingerprint density at radius 2 is 1.90 bits per heavy atom. The minimum atomic E-state index is -0.425. The smallest absolute Gasteiger partial charge is 0.118 e. The zero-order valence-corrected chi connectivity index (χ0v) is 13.3. The van der Waals surface area contributed by atoms with Crippen molar-refractivity contribution in [2.24, 2.45) is 0 Å². The van der Waals surface area contributed by atoms with Gasteiger partial charge in [0.15, 0.2) is 0 Å². The molecule has 21 heavy (non-hydrogen) atoms. The second-order valence-corrected chi connectivity index (χ2v) is 6.04. The second-order valence-electron chi connectivity index (χ2n) is 6.04. The van der Waals surface area contributed by atoms with Crippen LogP contribution in [-0.2, 0) is 11.3 Å². The van der Waals surface area contributed by atoms with Gasteiger partial charge in [-0.05, 0) is 44.4 Å². The molecule has 1 aromatic carbocycles. The molecule has 0 heterocycles. The van der Waals surface area contributed by atoms with Crippen molar-refractivity contribution in [2.75, 3.05) is 20.3 Å². The molecule has 118 valence electrons. The fourth-order valence-corrected chi connectivity index (χ4v) is 2.37. The molecule has 4 nitrogen and oxygen atoms in total. The number of methoxy groups -OCH3 is 1. The maximum absolute atomic E-state index is 10.1. The van der Waals surface area contributed by atoms with E-state index in [4.69, 9.17) is 9.47 Å². The molecule has 0 aliphatic heterocycles. The first-order valence-corrected chi connectivity index (χ1v) is 7.75. The number of aliphatic hydroxyl groups is 1. The van der Waals surface area contributed by atoms with Gasteiger partial charge < -0.3 is 14.6 Å². The second kappa shape index (κ2) is 7.78. The average molecular weight is 293 g/mol. The normalized spacial score (nSPS) is 16.5. The van der Waals surface area contributed by atoms with E-state index in [1.165, 1.54) is 18.4 Å². The molecule has 0 unspecified atom stereocenters. The van der Waals surface area contributed by atoms with Crippen LogP contribution >= 0.6 is 0 Å². The minimum Gasteiger partial charge on any atom is -0.497 e. The minimum absolute atomic E-state index is 0.163. The van der Waals surface area contributed by atoms with E-state index in [1.807, 2.05) is 26.0 Å². The van der Waals surface area contributed by atoms with Gasteiger partial charge in [-0.2, -0.15) is 0 Å². The summed E-state index contributed by atoms with van der Waals surface area (Å²) in [6, 6.07) is 8.76. The van der Waals surface area contributed by atoms with E-state index in [9.17, 15) is 5.11 Å². The molecule has 0 bridgehead atoms. The highest BCUT2D eigenvalue weighted by atomic mass is 16.5. The molecule has 1 saturated carbocycles. The first-order valence-electron chi connectivity index (χ1n) is 7.75. The Morgan fingerprint density at radius 1 is 1.24 bits per heavy atom. The summed E-state index contributed by atoms with van der Waals surface area (Å²) in [6.45, 7) is 5.92. The van der Waals surface area contributed by atoms with E-state index in [-0.39, 0.29) is 6.10 Å². The summed E-state index contributed by atoms with van der Waals surface area (Å²) in [5, 5.41) is 10.1. The van der Waals surface area contributed by atoms with Crippen LogP contribution in [0.5, 0.6) is 5.75 Å². The van der Waals surface area contributed by atoms with Gasteiger partial charge in [0.25, 0.3) is 0 Å². The van der Waals surface area contributed by atoms with Crippen LogP contribution in [0.25, 0.3) is 0 Å². The van der Waals surface area contributed by atoms with Crippen molar-refractivity contribution in [2.45, 2.75) is 51.5 Å². The van der Waals surface area contributed by atoms with E-state index in [1.54, 1.807) is 7.11 Å². The van der Waals surface area contributed by atoms with E-state index in [0.29, 0.717) is 19.2 Å². The fraction of sp³-hybridized carbons (Fsp3) is 0.647. The number of hydrogen-bond acceptors (Lipinski definition) is 4. The summed E-state index contributed by atoms with van der Waals surface area (Å²) in [4.78, 5) is 2.36. The van der Waals surface area contributed by atoms with Crippen LogP contribution in [0.3, 0.4) is 0 Å². The van der Waals surface area contributed by atoms with Gasteiger partial charge >= 0.3 is 0 Å². The van der Waals surface area contributed by atoms with Crippen molar-refractivity contribution in [3.05, 3.63) is 29.8 Å². The molecule has 2 rings (SSSR count). The number of benzene rings is 1. The molecule has 0 radical (unpaired) electrons. The molecular formula is C17H27NO3. The molecular weight excluding hydrogens is 266 g/mol. The van der Waals surface area contributed by atoms with Crippen LogP contribution in [0.2, 0.25) is 0 Å². The molecule has 1 aliphatic rings. The van der Waals surface area contributed by atoms with Crippen LogP contribution in [0, 0.1) is 0 Å². The fourth-order valence-electron chi connectivity index (χ4n) is 2.37. The van der Waals surface area contributed by atoms with Gasteiger partial charge in [-0.3, -0.25) is 4.90 Å². The molecule has 1 fully saturated rings. The van der Waals surface area contributed by atoms with Gasteiger partial charge in [0.1, 0.15) is 5.75 Å². The Kier molecular flexibility index (Phi) is 6.03. The van der Waals surface area contributed by atoms with Crippen LogP contribution in [0.1, 0.15) is 32.3 Å². The van der Waals surface area contributed by atoms with Gasteiger partial charge in [0.2, 0.25) is 0 Å². The van der Waals surface area contributed by atoms with E-state index in [0.717, 1.165) is 12.3 Å². The van der Waals surface area contributed by atoms with Crippen molar-refractivity contribution in [1.29, 1.82) is 0 Å². The van der Waals surface area contributed by atoms with Gasteiger partial charge in [-0.25, -0.2) is 0 Å². The summed E-state index contributed by atoms with van der Waals surface area (Å²) in [7, 11) is 1.68. The molecule has 1 atom stereocenters. The molecule has 1 aromatic rings. The van der Waals surface area contributed by atoms with E-state index < -0.39 is 6.10 Å². The molecule has 4 heteroatoms. The van der Waals surface area contributed by atoms with Crippen LogP contribution < -0.4 is 4.74 Å². The number of hydrogen-bond donors (Lipinski definition) is 1. The summed E-state index contributed by atoms with van der Waals surface area (Å²) >= 11 is 0. The molecule has 0 saturated heterocycles. The Hall–Kier alpha value is -1.10. The maximum Gasteiger partial charge on any atom is 0.118 e. The Morgan fingerprint density at radius 3 is 2.43 bits per heavy atom. The Balaban J connectivity index is 1.86. The van der Waals surface area contributed by atoms with E-state index in [2.05, 4.69) is 17.0 Å². The quantitative estimate of drug-likeness (QED) is 0.759. The third kappa shape index (κ3) is 5.65. The highest BCUT2D eigenvalue weighted by Gasteiger charge is 2.30. The standard InChI is InChI=1S/C17H27NO3/c1-13(2)21-12-16(19)11-18(15-6-7-15)10-14-4-8-17(20-3)9-5-14/h4-5,8-9,13,15-16,19H,6-7,10-12H2,1-3H3/t16-/m0/s1. The lowest BCUT2D eigenvalue weighted by Crippen LogP contribution is -2.36. The van der Waals surface area contributed by atoms with Crippen LogP contribution in [0.4, 0.5) is 0 Å². The van der Waals surface area contributed by atoms with Crippen LogP contribution in [-0.4, -0.2) is 48.5 Å². The summed E-state index contributed by atoms with van der Waals surface area (Å²) < 4.78 is 10.7. The zero-order chi connectivity index (χ0) is 15.2. The molecule has 0 spiro atoms. The lowest BCUT2D eigenvalue weighted by Gasteiger charge is -2.25. The average Bonchev–Trinajstić information content (AvgIpc) is 3.30. The number of ether oxygens (including phenoxy) is 2. The predicted octanol–water partition coefficient (Wildman–Crippen LogP) is 2.45. The molecule has 1 aliphatic carbocycles. The van der Waals surface area contributed by atoms with Crippen molar-refractivity contribution < 1.29 is 14.6 Å². The van der Waals surface area contributed by atoms with Gasteiger partial charge in [0, 0.05) is 19.1 Å². The Labute approximate surface area is 127 Å². The summed E-state index contributed by atoms with van der Waals surface area (Å²) in [5.74, 6) is 0.877. The molecule has 1 N–H and O–H groups in total. The third-order valence-electron chi connectivity index (χ3n) is 3.68. The van der Waals surface area contributed by atoms with Gasteiger partial charge in [0.05, 0.1) is 25.9 Å².